The maximum absolute atomic E-state index is 10.3. The number of piperidine rings is 1. The van der Waals surface area contributed by atoms with E-state index in [1.807, 2.05) is 6.92 Å². The number of nitrogens with zero attached hydrogens (tertiary/aromatic N) is 1. The molecule has 114 valence electrons. The number of likely N-dealkylation sites (N-methyl/N-ethyl adjacent to an activating group) is 1. The van der Waals surface area contributed by atoms with E-state index >= 15 is 0 Å². The summed E-state index contributed by atoms with van der Waals surface area (Å²) in [5, 5.41) is 10.3. The first-order valence-corrected chi connectivity index (χ1v) is 8.51. The molecule has 1 aromatic rings. The van der Waals surface area contributed by atoms with E-state index in [2.05, 4.69) is 31.0 Å². The topological polar surface area (TPSA) is 23.5 Å². The number of benzene rings is 1. The lowest BCUT2D eigenvalue weighted by molar-refractivity contribution is -0.0736. The molecule has 2 aliphatic carbocycles. The molecule has 1 aromatic carbocycles. The van der Waals surface area contributed by atoms with Crippen molar-refractivity contribution in [2.24, 2.45) is 5.41 Å². The maximum Gasteiger partial charge on any atom is 0.118 e. The summed E-state index contributed by atoms with van der Waals surface area (Å²) < 4.78 is 0. The molecular formula is C19H27NO. The predicted octanol–water partition coefficient (Wildman–Crippen LogP) is 3.78. The Hall–Kier alpha value is -1.02. The Kier molecular flexibility index (Phi) is 2.76. The molecule has 1 saturated carbocycles. The van der Waals surface area contributed by atoms with E-state index in [9.17, 15) is 5.11 Å². The summed E-state index contributed by atoms with van der Waals surface area (Å²) in [4.78, 5) is 2.61. The second-order valence-electron chi connectivity index (χ2n) is 7.95. The highest BCUT2D eigenvalue weighted by atomic mass is 16.3. The Labute approximate surface area is 128 Å². The molecule has 0 spiro atoms. The number of hydrogen-bond donors (Lipinski definition) is 1. The molecule has 0 aromatic heterocycles. The van der Waals surface area contributed by atoms with Crippen molar-refractivity contribution in [1.29, 1.82) is 0 Å². The van der Waals surface area contributed by atoms with Gasteiger partial charge >= 0.3 is 0 Å². The van der Waals surface area contributed by atoms with Crippen LogP contribution in [0.2, 0.25) is 0 Å². The lowest BCUT2D eigenvalue weighted by Gasteiger charge is -2.65. The highest BCUT2D eigenvalue weighted by Gasteiger charge is 2.60. The average Bonchev–Trinajstić information content (AvgIpc) is 2.45. The molecule has 3 aliphatic rings. The molecule has 4 rings (SSSR count). The Balaban J connectivity index is 1.97. The van der Waals surface area contributed by atoms with E-state index in [1.165, 1.54) is 49.8 Å². The lowest BCUT2D eigenvalue weighted by Crippen LogP contribution is -2.66. The average molecular weight is 285 g/mol. The van der Waals surface area contributed by atoms with E-state index in [0.717, 1.165) is 12.0 Å². The number of phenolic OH excluding ortho intramolecular Hbond substituents is 1. The van der Waals surface area contributed by atoms with Gasteiger partial charge in [-0.3, -0.25) is 0 Å². The molecule has 3 atom stereocenters. The molecule has 1 heterocycles. The smallest absolute Gasteiger partial charge is 0.118 e. The Bertz CT molecular complexity index is 595. The quantitative estimate of drug-likeness (QED) is 0.784. The maximum atomic E-state index is 10.3. The first kappa shape index (κ1) is 13.6. The first-order valence-electron chi connectivity index (χ1n) is 8.51. The molecule has 2 nitrogen and oxygen atoms in total. The molecule has 2 heteroatoms. The molecule has 0 unspecified atom stereocenters. The second-order valence-corrected chi connectivity index (χ2v) is 7.95. The summed E-state index contributed by atoms with van der Waals surface area (Å²) >= 11 is 0. The molecule has 1 saturated heterocycles. The van der Waals surface area contributed by atoms with Crippen LogP contribution in [0.1, 0.15) is 55.7 Å². The molecular weight excluding hydrogens is 258 g/mol. The number of rotatable bonds is 0. The summed E-state index contributed by atoms with van der Waals surface area (Å²) in [6.07, 6.45) is 7.78. The van der Waals surface area contributed by atoms with Crippen LogP contribution in [0, 0.1) is 12.3 Å². The van der Waals surface area contributed by atoms with Gasteiger partial charge in [0.15, 0.2) is 0 Å². The van der Waals surface area contributed by atoms with Gasteiger partial charge in [-0.15, -0.1) is 0 Å². The highest BCUT2D eigenvalue weighted by molar-refractivity contribution is 5.50. The number of fused-ring (bicyclic) bond motifs is 1. The third-order valence-corrected chi connectivity index (χ3v) is 7.15. The fraction of sp³-hybridized carbons (Fsp3) is 0.684. The van der Waals surface area contributed by atoms with Crippen molar-refractivity contribution < 1.29 is 5.11 Å². The summed E-state index contributed by atoms with van der Waals surface area (Å²) in [6, 6.07) is 5.05. The van der Waals surface area contributed by atoms with Crippen molar-refractivity contribution in [2.45, 2.75) is 63.8 Å². The monoisotopic (exact) mass is 285 g/mol. The largest absolute Gasteiger partial charge is 0.508 e. The van der Waals surface area contributed by atoms with Crippen molar-refractivity contribution in [1.82, 2.24) is 4.90 Å². The van der Waals surface area contributed by atoms with Crippen LogP contribution in [0.25, 0.3) is 0 Å². The fourth-order valence-corrected chi connectivity index (χ4v) is 5.89. The van der Waals surface area contributed by atoms with Gasteiger partial charge in [0.05, 0.1) is 0 Å². The number of phenols is 1. The van der Waals surface area contributed by atoms with Crippen LogP contribution in [-0.2, 0) is 11.8 Å². The molecule has 21 heavy (non-hydrogen) atoms. The molecule has 1 aliphatic heterocycles. The molecule has 0 amide bonds. The van der Waals surface area contributed by atoms with Gasteiger partial charge in [-0.05, 0) is 74.4 Å². The normalized spacial score (nSPS) is 38.7. The fourth-order valence-electron chi connectivity index (χ4n) is 5.89. The summed E-state index contributed by atoms with van der Waals surface area (Å²) in [7, 11) is 2.31. The Morgan fingerprint density at radius 2 is 1.95 bits per heavy atom. The van der Waals surface area contributed by atoms with Gasteiger partial charge in [-0.1, -0.05) is 25.8 Å². The van der Waals surface area contributed by atoms with Gasteiger partial charge in [0.1, 0.15) is 5.75 Å². The van der Waals surface area contributed by atoms with Crippen molar-refractivity contribution in [3.05, 3.63) is 28.8 Å². The van der Waals surface area contributed by atoms with Crippen LogP contribution >= 0.6 is 0 Å². The summed E-state index contributed by atoms with van der Waals surface area (Å²) in [5.41, 5.74) is 4.71. The SMILES string of the molecule is Cc1cc2c(cc1O)[C@]13CCCC[C@]1(C)[C@H](C2)N(C)CC3. The zero-order valence-electron chi connectivity index (χ0n) is 13.6. The zero-order valence-corrected chi connectivity index (χ0v) is 13.6. The van der Waals surface area contributed by atoms with Crippen LogP contribution in [0.15, 0.2) is 12.1 Å². The van der Waals surface area contributed by atoms with E-state index in [1.54, 1.807) is 0 Å². The molecule has 0 radical (unpaired) electrons. The minimum Gasteiger partial charge on any atom is -0.508 e. The van der Waals surface area contributed by atoms with Crippen molar-refractivity contribution in [3.8, 4) is 5.75 Å². The molecule has 1 N–H and O–H groups in total. The Morgan fingerprint density at radius 3 is 2.76 bits per heavy atom. The highest BCUT2D eigenvalue weighted by Crippen LogP contribution is 2.63. The van der Waals surface area contributed by atoms with E-state index in [4.69, 9.17) is 0 Å². The number of aromatic hydroxyl groups is 1. The third-order valence-electron chi connectivity index (χ3n) is 7.15. The van der Waals surface area contributed by atoms with Crippen LogP contribution in [0.3, 0.4) is 0 Å². The van der Waals surface area contributed by atoms with Crippen LogP contribution in [-0.4, -0.2) is 29.6 Å². The molecule has 2 fully saturated rings. The van der Waals surface area contributed by atoms with Gasteiger partial charge in [-0.25, -0.2) is 0 Å². The Morgan fingerprint density at radius 1 is 1.19 bits per heavy atom. The van der Waals surface area contributed by atoms with E-state index in [0.29, 0.717) is 22.6 Å². The van der Waals surface area contributed by atoms with Crippen molar-refractivity contribution in [3.63, 3.8) is 0 Å². The third kappa shape index (κ3) is 1.57. The summed E-state index contributed by atoms with van der Waals surface area (Å²) in [6.45, 7) is 5.77. The van der Waals surface area contributed by atoms with Gasteiger partial charge in [0.2, 0.25) is 0 Å². The first-order chi connectivity index (χ1) is 9.98. The van der Waals surface area contributed by atoms with E-state index in [-0.39, 0.29) is 0 Å². The standard InChI is InChI=1S/C19H27NO/c1-13-10-14-11-17-18(2)6-4-5-7-19(18,8-9-20(17)3)15(14)12-16(13)21/h10,12,17,21H,4-9,11H2,1-3H3/t17-,18+,19+/m0/s1. The minimum atomic E-state index is 0.307. The number of likely N-dealkylation sites (tertiary alicyclic amines) is 1. The van der Waals surface area contributed by atoms with Gasteiger partial charge in [0, 0.05) is 11.5 Å². The van der Waals surface area contributed by atoms with Crippen molar-refractivity contribution in [2.75, 3.05) is 13.6 Å². The second kappa shape index (κ2) is 4.25. The number of aryl methyl sites for hydroxylation is 1. The summed E-state index contributed by atoms with van der Waals surface area (Å²) in [5.74, 6) is 0.494. The van der Waals surface area contributed by atoms with E-state index < -0.39 is 0 Å². The van der Waals surface area contributed by atoms with Crippen molar-refractivity contribution >= 4 is 0 Å². The predicted molar refractivity (Wildman–Crippen MR) is 85.8 cm³/mol. The van der Waals surface area contributed by atoms with Crippen LogP contribution < -0.4 is 0 Å². The number of hydrogen-bond acceptors (Lipinski definition) is 2. The zero-order chi connectivity index (χ0) is 14.8. The van der Waals surface area contributed by atoms with Gasteiger partial charge in [-0.2, -0.15) is 0 Å². The lowest BCUT2D eigenvalue weighted by atomic mass is 9.44. The van der Waals surface area contributed by atoms with Gasteiger partial charge in [0.25, 0.3) is 0 Å². The van der Waals surface area contributed by atoms with Crippen LogP contribution in [0.4, 0.5) is 0 Å². The van der Waals surface area contributed by atoms with Gasteiger partial charge < -0.3 is 10.0 Å². The molecule has 2 bridgehead atoms. The van der Waals surface area contributed by atoms with Crippen LogP contribution in [0.5, 0.6) is 5.75 Å². The minimum absolute atomic E-state index is 0.307.